The molecule has 0 aliphatic rings. The molecule has 2 nitrogen and oxygen atoms in total. The number of hydrogen-bond donors (Lipinski definition) is 1. The van der Waals surface area contributed by atoms with Gasteiger partial charge in [0.05, 0.1) is 5.69 Å². The van der Waals surface area contributed by atoms with Crippen molar-refractivity contribution in [2.75, 3.05) is 5.32 Å². The van der Waals surface area contributed by atoms with Crippen molar-refractivity contribution in [2.45, 2.75) is 5.75 Å². The van der Waals surface area contributed by atoms with Crippen LogP contribution in [-0.2, 0) is 5.75 Å². The molecule has 0 amide bonds. The van der Waals surface area contributed by atoms with E-state index in [9.17, 15) is 0 Å². The van der Waals surface area contributed by atoms with Gasteiger partial charge in [-0.25, -0.2) is 4.99 Å². The summed E-state index contributed by atoms with van der Waals surface area (Å²) in [5.41, 5.74) is 3.30. The highest BCUT2D eigenvalue weighted by molar-refractivity contribution is 8.13. The minimum absolute atomic E-state index is 0.853. The van der Waals surface area contributed by atoms with Crippen LogP contribution in [0.5, 0.6) is 0 Å². The fourth-order valence-electron chi connectivity index (χ4n) is 4.39. The quantitative estimate of drug-likeness (QED) is 0.168. The number of hydrogen-bond acceptors (Lipinski definition) is 2. The standard InChI is InChI=1S/C30H22N2S/c1-3-8-21(9-4-1)20-33-30(31-25-12-5-2-6-13-25)32-27-19-17-24-15-14-22-10-7-11-23-16-18-26(27)29(24)28(22)23/h1-19H,20H2,(H,31,32). The van der Waals surface area contributed by atoms with E-state index in [1.807, 2.05) is 18.2 Å². The van der Waals surface area contributed by atoms with Gasteiger partial charge in [-0.3, -0.25) is 0 Å². The Hall–Kier alpha value is -3.82. The molecule has 3 heteroatoms. The van der Waals surface area contributed by atoms with Crippen molar-refractivity contribution in [1.29, 1.82) is 0 Å². The van der Waals surface area contributed by atoms with Gasteiger partial charge >= 0.3 is 0 Å². The molecule has 6 aromatic rings. The van der Waals surface area contributed by atoms with Crippen LogP contribution in [0.2, 0.25) is 0 Å². The third-order valence-corrected chi connectivity index (χ3v) is 6.92. The zero-order valence-corrected chi connectivity index (χ0v) is 18.8. The first-order valence-corrected chi connectivity index (χ1v) is 12.1. The summed E-state index contributed by atoms with van der Waals surface area (Å²) in [5.74, 6) is 0.853. The summed E-state index contributed by atoms with van der Waals surface area (Å²) in [6.45, 7) is 0. The molecule has 0 unspecified atom stereocenters. The number of anilines is 1. The lowest BCUT2D eigenvalue weighted by Gasteiger charge is -2.14. The van der Waals surface area contributed by atoms with Gasteiger partial charge in [0.2, 0.25) is 0 Å². The Morgan fingerprint density at radius 2 is 1.24 bits per heavy atom. The SMILES string of the molecule is c1ccc(CSC(=Nc2ccc3ccc4cccc5ccc2c3c45)Nc2ccccc2)cc1. The minimum Gasteiger partial charge on any atom is -0.335 e. The predicted octanol–water partition coefficient (Wildman–Crippen LogP) is 8.62. The van der Waals surface area contributed by atoms with Crippen LogP contribution in [0, 0.1) is 0 Å². The number of benzene rings is 6. The van der Waals surface area contributed by atoms with Gasteiger partial charge in [0.1, 0.15) is 0 Å². The highest BCUT2D eigenvalue weighted by atomic mass is 32.2. The van der Waals surface area contributed by atoms with Gasteiger partial charge < -0.3 is 5.32 Å². The molecule has 6 rings (SSSR count). The number of thioether (sulfide) groups is 1. The van der Waals surface area contributed by atoms with Crippen molar-refractivity contribution in [3.8, 4) is 0 Å². The van der Waals surface area contributed by atoms with Crippen molar-refractivity contribution in [2.24, 2.45) is 4.99 Å². The first-order chi connectivity index (χ1) is 16.3. The second-order valence-corrected chi connectivity index (χ2v) is 9.09. The van der Waals surface area contributed by atoms with Gasteiger partial charge in [0, 0.05) is 16.8 Å². The summed E-state index contributed by atoms with van der Waals surface area (Å²) < 4.78 is 0. The van der Waals surface area contributed by atoms with Gasteiger partial charge in [0.25, 0.3) is 0 Å². The number of nitrogens with zero attached hydrogens (tertiary/aromatic N) is 1. The summed E-state index contributed by atoms with van der Waals surface area (Å²) in [4.78, 5) is 5.14. The maximum absolute atomic E-state index is 5.14. The number of rotatable bonds is 4. The molecule has 0 saturated heterocycles. The molecular weight excluding hydrogens is 420 g/mol. The lowest BCUT2D eigenvalue weighted by Crippen LogP contribution is -2.08. The number of nitrogens with one attached hydrogen (secondary N) is 1. The van der Waals surface area contributed by atoms with Crippen molar-refractivity contribution >= 4 is 60.6 Å². The lowest BCUT2D eigenvalue weighted by molar-refractivity contribution is 1.42. The lowest BCUT2D eigenvalue weighted by atomic mass is 9.94. The largest absolute Gasteiger partial charge is 0.335 e. The third-order valence-electron chi connectivity index (χ3n) is 5.97. The second-order valence-electron chi connectivity index (χ2n) is 8.12. The van der Waals surface area contributed by atoms with E-state index in [1.54, 1.807) is 11.8 Å². The van der Waals surface area contributed by atoms with E-state index in [0.29, 0.717) is 0 Å². The first-order valence-electron chi connectivity index (χ1n) is 11.1. The monoisotopic (exact) mass is 442 g/mol. The summed E-state index contributed by atoms with van der Waals surface area (Å²) in [5, 5.41) is 12.0. The molecule has 0 radical (unpaired) electrons. The summed E-state index contributed by atoms with van der Waals surface area (Å²) in [6.07, 6.45) is 0. The molecular formula is C30H22N2S. The Labute approximate surface area is 197 Å². The molecule has 0 saturated carbocycles. The molecule has 0 spiro atoms. The Morgan fingerprint density at radius 1 is 0.606 bits per heavy atom. The predicted molar refractivity (Wildman–Crippen MR) is 145 cm³/mol. The molecule has 0 atom stereocenters. The normalized spacial score (nSPS) is 12.1. The molecule has 0 aliphatic carbocycles. The Bertz CT molecular complexity index is 1560. The first kappa shape index (κ1) is 19.8. The van der Waals surface area contributed by atoms with E-state index in [2.05, 4.69) is 102 Å². The fourth-order valence-corrected chi connectivity index (χ4v) is 5.24. The van der Waals surface area contributed by atoms with Crippen LogP contribution in [0.3, 0.4) is 0 Å². The Balaban J connectivity index is 1.46. The summed E-state index contributed by atoms with van der Waals surface area (Å²) in [7, 11) is 0. The van der Waals surface area contributed by atoms with E-state index in [4.69, 9.17) is 4.99 Å². The van der Waals surface area contributed by atoms with Gasteiger partial charge in [-0.05, 0) is 50.7 Å². The van der Waals surface area contributed by atoms with Gasteiger partial charge in [-0.1, -0.05) is 109 Å². The molecule has 0 bridgehead atoms. The van der Waals surface area contributed by atoms with Crippen molar-refractivity contribution in [3.05, 3.63) is 121 Å². The van der Waals surface area contributed by atoms with Crippen LogP contribution in [0.4, 0.5) is 11.4 Å². The molecule has 0 fully saturated rings. The van der Waals surface area contributed by atoms with Crippen LogP contribution in [0.25, 0.3) is 32.3 Å². The summed E-state index contributed by atoms with van der Waals surface area (Å²) >= 11 is 1.72. The molecule has 0 aliphatic heterocycles. The van der Waals surface area contributed by atoms with E-state index >= 15 is 0 Å². The van der Waals surface area contributed by atoms with Crippen molar-refractivity contribution in [1.82, 2.24) is 0 Å². The number of aliphatic imine (C=N–C) groups is 1. The molecule has 0 aromatic heterocycles. The van der Waals surface area contributed by atoms with Crippen LogP contribution < -0.4 is 5.32 Å². The van der Waals surface area contributed by atoms with Gasteiger partial charge in [-0.2, -0.15) is 0 Å². The smallest absolute Gasteiger partial charge is 0.166 e. The molecule has 158 valence electrons. The number of para-hydroxylation sites is 1. The van der Waals surface area contributed by atoms with Crippen LogP contribution in [-0.4, -0.2) is 5.17 Å². The maximum Gasteiger partial charge on any atom is 0.166 e. The molecule has 33 heavy (non-hydrogen) atoms. The third kappa shape index (κ3) is 3.92. The van der Waals surface area contributed by atoms with E-state index in [0.717, 1.165) is 22.3 Å². The molecule has 1 N–H and O–H groups in total. The van der Waals surface area contributed by atoms with E-state index in [-0.39, 0.29) is 0 Å². The minimum atomic E-state index is 0.853. The number of amidine groups is 1. The fraction of sp³-hybridized carbons (Fsp3) is 0.0333. The van der Waals surface area contributed by atoms with Crippen molar-refractivity contribution in [3.63, 3.8) is 0 Å². The van der Waals surface area contributed by atoms with Crippen molar-refractivity contribution < 1.29 is 0 Å². The van der Waals surface area contributed by atoms with Crippen LogP contribution in [0.1, 0.15) is 5.56 Å². The molecule has 0 heterocycles. The highest BCUT2D eigenvalue weighted by Crippen LogP contribution is 2.39. The van der Waals surface area contributed by atoms with Crippen LogP contribution >= 0.6 is 11.8 Å². The van der Waals surface area contributed by atoms with E-state index in [1.165, 1.54) is 37.9 Å². The summed E-state index contributed by atoms with van der Waals surface area (Å²) in [6, 6.07) is 40.5. The Kier molecular flexibility index (Phi) is 5.17. The van der Waals surface area contributed by atoms with Gasteiger partial charge in [0.15, 0.2) is 5.17 Å². The highest BCUT2D eigenvalue weighted by Gasteiger charge is 2.12. The average Bonchev–Trinajstić information content (AvgIpc) is 2.88. The zero-order chi connectivity index (χ0) is 22.0. The topological polar surface area (TPSA) is 24.4 Å². The second kappa shape index (κ2) is 8.61. The van der Waals surface area contributed by atoms with E-state index < -0.39 is 0 Å². The maximum atomic E-state index is 5.14. The zero-order valence-electron chi connectivity index (χ0n) is 18.0. The Morgan fingerprint density at radius 3 is 2.00 bits per heavy atom. The van der Waals surface area contributed by atoms with Gasteiger partial charge in [-0.15, -0.1) is 0 Å². The average molecular weight is 443 g/mol. The van der Waals surface area contributed by atoms with Crippen LogP contribution in [0.15, 0.2) is 120 Å². The molecule has 6 aromatic carbocycles.